The van der Waals surface area contributed by atoms with Gasteiger partial charge in [-0.1, -0.05) is 13.8 Å². The first kappa shape index (κ1) is 12.1. The SMILES string of the molecule is CCNN(CC)[PH](=O)S(=O)(=O)O. The Morgan fingerprint density at radius 2 is 2.00 bits per heavy atom. The molecule has 0 aliphatic carbocycles. The van der Waals surface area contributed by atoms with Crippen LogP contribution in [-0.2, 0) is 14.3 Å². The number of hydrogen-bond acceptors (Lipinski definition) is 4. The summed E-state index contributed by atoms with van der Waals surface area (Å²) in [6, 6.07) is 0. The molecule has 0 saturated carbocycles. The average Bonchev–Trinajstić information content (AvgIpc) is 1.97. The van der Waals surface area contributed by atoms with Gasteiger partial charge in [0.25, 0.3) is 7.15 Å². The molecule has 0 rings (SSSR count). The first-order valence-electron chi connectivity index (χ1n) is 3.46. The molecule has 0 aliphatic rings. The zero-order valence-corrected chi connectivity index (χ0v) is 8.76. The van der Waals surface area contributed by atoms with E-state index in [2.05, 4.69) is 5.43 Å². The highest BCUT2D eigenvalue weighted by atomic mass is 32.8. The van der Waals surface area contributed by atoms with Gasteiger partial charge < -0.3 is 0 Å². The summed E-state index contributed by atoms with van der Waals surface area (Å²) >= 11 is 0. The number of hydrazine groups is 1. The van der Waals surface area contributed by atoms with Crippen molar-refractivity contribution in [2.75, 3.05) is 13.1 Å². The van der Waals surface area contributed by atoms with E-state index in [9.17, 15) is 13.0 Å². The number of rotatable bonds is 5. The van der Waals surface area contributed by atoms with Gasteiger partial charge in [-0.15, -0.1) is 0 Å². The Bertz CT molecular complexity index is 252. The quantitative estimate of drug-likeness (QED) is 0.385. The van der Waals surface area contributed by atoms with E-state index >= 15 is 0 Å². The second-order valence-corrected chi connectivity index (χ2v) is 6.61. The molecule has 0 spiro atoms. The minimum absolute atomic E-state index is 0.255. The third-order valence-electron chi connectivity index (χ3n) is 1.11. The van der Waals surface area contributed by atoms with E-state index in [1.807, 2.05) is 0 Å². The van der Waals surface area contributed by atoms with E-state index in [1.165, 1.54) is 0 Å². The van der Waals surface area contributed by atoms with Gasteiger partial charge in [-0.3, -0.25) is 9.12 Å². The summed E-state index contributed by atoms with van der Waals surface area (Å²) in [7, 11) is -7.58. The summed E-state index contributed by atoms with van der Waals surface area (Å²) in [6.07, 6.45) is 0. The van der Waals surface area contributed by atoms with Crippen molar-refractivity contribution in [3.63, 3.8) is 0 Å². The molecule has 0 saturated heterocycles. The summed E-state index contributed by atoms with van der Waals surface area (Å²) in [4.78, 5) is 0. The second kappa shape index (κ2) is 4.94. The maximum atomic E-state index is 11.0. The molecule has 1 unspecified atom stereocenters. The maximum Gasteiger partial charge on any atom is 0.328 e. The molecule has 0 aromatic rings. The van der Waals surface area contributed by atoms with Gasteiger partial charge in [0.15, 0.2) is 0 Å². The number of nitrogens with zero attached hydrogens (tertiary/aromatic N) is 1. The Morgan fingerprint density at radius 1 is 1.50 bits per heavy atom. The smallest absolute Gasteiger partial charge is 0.289 e. The van der Waals surface area contributed by atoms with Gasteiger partial charge in [0, 0.05) is 13.1 Å². The fourth-order valence-electron chi connectivity index (χ4n) is 0.636. The molecule has 6 nitrogen and oxygen atoms in total. The minimum atomic E-state index is -4.43. The molecule has 0 radical (unpaired) electrons. The fourth-order valence-corrected chi connectivity index (χ4v) is 2.88. The lowest BCUT2D eigenvalue weighted by Gasteiger charge is -2.17. The Balaban J connectivity index is 4.43. The molecule has 12 heavy (non-hydrogen) atoms. The van der Waals surface area contributed by atoms with Crippen LogP contribution in [0.4, 0.5) is 0 Å². The maximum absolute atomic E-state index is 11.0. The zero-order valence-electron chi connectivity index (χ0n) is 6.94. The molecule has 0 aromatic heterocycles. The van der Waals surface area contributed by atoms with Crippen LogP contribution in [-0.4, -0.2) is 30.8 Å². The molecular weight excluding hydrogens is 203 g/mol. The molecule has 0 heterocycles. The molecule has 74 valence electrons. The topological polar surface area (TPSA) is 86.7 Å². The monoisotopic (exact) mass is 216 g/mol. The van der Waals surface area contributed by atoms with Crippen LogP contribution >= 0.6 is 7.15 Å². The van der Waals surface area contributed by atoms with E-state index in [-0.39, 0.29) is 6.54 Å². The van der Waals surface area contributed by atoms with Crippen LogP contribution < -0.4 is 5.43 Å². The lowest BCUT2D eigenvalue weighted by Crippen LogP contribution is -2.32. The Hall–Kier alpha value is 0.0600. The van der Waals surface area contributed by atoms with Crippen molar-refractivity contribution in [1.29, 1.82) is 0 Å². The van der Waals surface area contributed by atoms with Gasteiger partial charge >= 0.3 is 9.74 Å². The Kier molecular flexibility index (Phi) is 4.96. The minimum Gasteiger partial charge on any atom is -0.289 e. The Morgan fingerprint density at radius 3 is 2.25 bits per heavy atom. The summed E-state index contributed by atoms with van der Waals surface area (Å²) in [5.41, 5.74) is 2.57. The lowest BCUT2D eigenvalue weighted by molar-refractivity contribution is 0.349. The highest BCUT2D eigenvalue weighted by Gasteiger charge is 2.21. The van der Waals surface area contributed by atoms with Gasteiger partial charge in [-0.25, -0.2) is 5.43 Å². The average molecular weight is 216 g/mol. The van der Waals surface area contributed by atoms with Gasteiger partial charge in [0.1, 0.15) is 0 Å². The normalized spacial score (nSPS) is 15.0. The first-order chi connectivity index (χ1) is 5.43. The Labute approximate surface area is 72.3 Å². The molecule has 1 atom stereocenters. The largest absolute Gasteiger partial charge is 0.328 e. The molecule has 0 bridgehead atoms. The van der Waals surface area contributed by atoms with E-state index in [0.29, 0.717) is 6.54 Å². The van der Waals surface area contributed by atoms with E-state index in [0.717, 1.165) is 4.78 Å². The predicted octanol–water partition coefficient (Wildman–Crippen LogP) is 0.110. The van der Waals surface area contributed by atoms with E-state index in [1.54, 1.807) is 13.8 Å². The van der Waals surface area contributed by atoms with Gasteiger partial charge in [-0.2, -0.15) is 13.2 Å². The highest BCUT2D eigenvalue weighted by Crippen LogP contribution is 2.30. The standard InChI is InChI=1S/C4H13N2O4PS/c1-3-5-6(4-2)11(7)12(8,9)10/h5,11H,3-4H2,1-2H3,(H,8,9,10). The van der Waals surface area contributed by atoms with Crippen LogP contribution in [0.15, 0.2) is 0 Å². The molecule has 0 fully saturated rings. The van der Waals surface area contributed by atoms with Crippen LogP contribution in [0.25, 0.3) is 0 Å². The summed E-state index contributed by atoms with van der Waals surface area (Å²) in [5, 5.41) is 0. The first-order valence-corrected chi connectivity index (χ1v) is 6.98. The van der Waals surface area contributed by atoms with Gasteiger partial charge in [-0.05, 0) is 0 Å². The van der Waals surface area contributed by atoms with Crippen LogP contribution in [0, 0.1) is 0 Å². The van der Waals surface area contributed by atoms with Crippen molar-refractivity contribution in [3.8, 4) is 0 Å². The van der Waals surface area contributed by atoms with E-state index in [4.69, 9.17) is 4.55 Å². The van der Waals surface area contributed by atoms with Gasteiger partial charge in [0.2, 0.25) is 0 Å². The summed E-state index contributed by atoms with van der Waals surface area (Å²) < 4.78 is 41.3. The molecule has 0 amide bonds. The molecular formula is C4H13N2O4PS. The predicted molar refractivity (Wildman–Crippen MR) is 46.6 cm³/mol. The summed E-state index contributed by atoms with van der Waals surface area (Å²) in [6.45, 7) is 4.09. The molecule has 2 N–H and O–H groups in total. The van der Waals surface area contributed by atoms with Crippen LogP contribution in [0.3, 0.4) is 0 Å². The van der Waals surface area contributed by atoms with Crippen molar-refractivity contribution in [2.24, 2.45) is 0 Å². The van der Waals surface area contributed by atoms with Crippen molar-refractivity contribution >= 4 is 16.9 Å². The van der Waals surface area contributed by atoms with Gasteiger partial charge in [0.05, 0.1) is 0 Å². The third-order valence-corrected chi connectivity index (χ3v) is 4.45. The van der Waals surface area contributed by atoms with Crippen molar-refractivity contribution in [1.82, 2.24) is 10.2 Å². The molecule has 8 heteroatoms. The third kappa shape index (κ3) is 3.64. The van der Waals surface area contributed by atoms with E-state index < -0.39 is 16.9 Å². The van der Waals surface area contributed by atoms with Crippen LogP contribution in [0.1, 0.15) is 13.8 Å². The fraction of sp³-hybridized carbons (Fsp3) is 1.00. The second-order valence-electron chi connectivity index (χ2n) is 2.00. The van der Waals surface area contributed by atoms with Crippen LogP contribution in [0.2, 0.25) is 0 Å². The number of nitrogens with one attached hydrogen (secondary N) is 1. The van der Waals surface area contributed by atoms with Crippen molar-refractivity contribution < 1.29 is 17.5 Å². The molecule has 0 aliphatic heterocycles. The summed E-state index contributed by atoms with van der Waals surface area (Å²) in [5.74, 6) is 0. The van der Waals surface area contributed by atoms with Crippen molar-refractivity contribution in [3.05, 3.63) is 0 Å². The van der Waals surface area contributed by atoms with Crippen molar-refractivity contribution in [2.45, 2.75) is 13.8 Å². The number of hydrogen-bond donors (Lipinski definition) is 2. The zero-order chi connectivity index (χ0) is 9.78. The highest BCUT2D eigenvalue weighted by molar-refractivity contribution is 8.42. The molecule has 0 aromatic carbocycles. The lowest BCUT2D eigenvalue weighted by atomic mass is 10.8. The van der Waals surface area contributed by atoms with Crippen LogP contribution in [0.5, 0.6) is 0 Å².